The molecule has 3 aromatic rings. The van der Waals surface area contributed by atoms with E-state index in [2.05, 4.69) is 9.97 Å². The number of aromatic amines is 1. The summed E-state index contributed by atoms with van der Waals surface area (Å²) < 4.78 is 5.83. The molecule has 1 heterocycles. The zero-order chi connectivity index (χ0) is 15.0. The Kier molecular flexibility index (Phi) is 3.98. The van der Waals surface area contributed by atoms with Gasteiger partial charge in [-0.1, -0.05) is 46.9 Å². The number of nitrogens with zero attached hydrogens (tertiary/aromatic N) is 1. The molecule has 1 atom stereocenters. The van der Waals surface area contributed by atoms with Gasteiger partial charge in [-0.05, 0) is 31.2 Å². The number of H-pyrrole nitrogens is 1. The second-order valence-electron chi connectivity index (χ2n) is 4.60. The number of ether oxygens (including phenoxy) is 1. The van der Waals surface area contributed by atoms with Crippen molar-refractivity contribution in [3.63, 3.8) is 0 Å². The van der Waals surface area contributed by atoms with Crippen LogP contribution in [0.15, 0.2) is 36.4 Å². The Morgan fingerprint density at radius 1 is 1.05 bits per heavy atom. The molecule has 0 aliphatic heterocycles. The SMILES string of the molecule is C[C@@H](Oc1ccccc1Cl)c1nc2cc(Cl)c(Cl)cc2[nH]1. The Hall–Kier alpha value is -1.42. The molecule has 21 heavy (non-hydrogen) atoms. The fourth-order valence-corrected chi connectivity index (χ4v) is 2.51. The monoisotopic (exact) mass is 340 g/mol. The maximum Gasteiger partial charge on any atom is 0.153 e. The molecular weight excluding hydrogens is 331 g/mol. The first-order valence-electron chi connectivity index (χ1n) is 6.30. The Balaban J connectivity index is 1.91. The van der Waals surface area contributed by atoms with Gasteiger partial charge in [0, 0.05) is 0 Å². The second kappa shape index (κ2) is 5.76. The molecule has 0 unspecified atom stereocenters. The fourth-order valence-electron chi connectivity index (χ4n) is 2.00. The number of fused-ring (bicyclic) bond motifs is 1. The van der Waals surface area contributed by atoms with Crippen LogP contribution in [-0.4, -0.2) is 9.97 Å². The molecule has 0 spiro atoms. The van der Waals surface area contributed by atoms with Crippen LogP contribution in [0, 0.1) is 0 Å². The predicted octanol–water partition coefficient (Wildman–Crippen LogP) is 5.66. The highest BCUT2D eigenvalue weighted by Crippen LogP contribution is 2.30. The van der Waals surface area contributed by atoms with Crippen molar-refractivity contribution in [3.8, 4) is 5.75 Å². The van der Waals surface area contributed by atoms with Gasteiger partial charge in [0.25, 0.3) is 0 Å². The number of nitrogens with one attached hydrogen (secondary N) is 1. The third-order valence-corrected chi connectivity index (χ3v) is 4.10. The number of hydrogen-bond acceptors (Lipinski definition) is 2. The Bertz CT molecular complexity index is 762. The lowest BCUT2D eigenvalue weighted by atomic mass is 10.3. The number of rotatable bonds is 3. The fraction of sp³-hybridized carbons (Fsp3) is 0.133. The molecule has 0 aliphatic rings. The Morgan fingerprint density at radius 2 is 1.76 bits per heavy atom. The second-order valence-corrected chi connectivity index (χ2v) is 5.82. The van der Waals surface area contributed by atoms with E-state index >= 15 is 0 Å². The number of para-hydroxylation sites is 1. The van der Waals surface area contributed by atoms with Crippen molar-refractivity contribution < 1.29 is 4.74 Å². The maximum atomic E-state index is 6.09. The first kappa shape index (κ1) is 14.5. The zero-order valence-electron chi connectivity index (χ0n) is 11.0. The van der Waals surface area contributed by atoms with Gasteiger partial charge in [-0.15, -0.1) is 0 Å². The number of benzene rings is 2. The van der Waals surface area contributed by atoms with E-state index < -0.39 is 0 Å². The summed E-state index contributed by atoms with van der Waals surface area (Å²) in [5, 5.41) is 1.52. The minimum atomic E-state index is -0.283. The largest absolute Gasteiger partial charge is 0.481 e. The summed E-state index contributed by atoms with van der Waals surface area (Å²) in [6.07, 6.45) is -0.283. The van der Waals surface area contributed by atoms with Crippen LogP contribution in [-0.2, 0) is 0 Å². The standard InChI is InChI=1S/C15H11Cl3N2O/c1-8(21-14-5-3-2-4-9(14)16)15-19-12-6-10(17)11(18)7-13(12)20-15/h2-8H,1H3,(H,19,20)/t8-/m1/s1. The summed E-state index contributed by atoms with van der Waals surface area (Å²) in [6.45, 7) is 1.89. The summed E-state index contributed by atoms with van der Waals surface area (Å²) in [5.41, 5.74) is 1.56. The molecule has 0 saturated heterocycles. The third-order valence-electron chi connectivity index (χ3n) is 3.07. The normalized spacial score (nSPS) is 12.6. The van der Waals surface area contributed by atoms with Gasteiger partial charge in [0.2, 0.25) is 0 Å². The molecule has 3 nitrogen and oxygen atoms in total. The molecule has 108 valence electrons. The summed E-state index contributed by atoms with van der Waals surface area (Å²) in [7, 11) is 0. The highest BCUT2D eigenvalue weighted by molar-refractivity contribution is 6.42. The number of imidazole rings is 1. The van der Waals surface area contributed by atoms with Crippen molar-refractivity contribution in [2.45, 2.75) is 13.0 Å². The van der Waals surface area contributed by atoms with E-state index in [1.54, 1.807) is 18.2 Å². The van der Waals surface area contributed by atoms with Crippen LogP contribution in [0.25, 0.3) is 11.0 Å². The highest BCUT2D eigenvalue weighted by atomic mass is 35.5. The van der Waals surface area contributed by atoms with Gasteiger partial charge in [0.1, 0.15) is 11.6 Å². The molecular formula is C15H11Cl3N2O. The molecule has 0 bridgehead atoms. The van der Waals surface area contributed by atoms with Gasteiger partial charge in [-0.2, -0.15) is 0 Å². The predicted molar refractivity (Wildman–Crippen MR) is 86.6 cm³/mol. The van der Waals surface area contributed by atoms with Crippen LogP contribution in [0.5, 0.6) is 5.75 Å². The van der Waals surface area contributed by atoms with E-state index in [-0.39, 0.29) is 6.10 Å². The summed E-state index contributed by atoms with van der Waals surface area (Å²) >= 11 is 18.1. The van der Waals surface area contributed by atoms with Gasteiger partial charge < -0.3 is 9.72 Å². The van der Waals surface area contributed by atoms with Crippen LogP contribution in [0.1, 0.15) is 18.9 Å². The van der Waals surface area contributed by atoms with Crippen LogP contribution in [0.4, 0.5) is 0 Å². The molecule has 0 saturated carbocycles. The van der Waals surface area contributed by atoms with E-state index in [0.717, 1.165) is 11.0 Å². The van der Waals surface area contributed by atoms with Crippen LogP contribution in [0.3, 0.4) is 0 Å². The minimum Gasteiger partial charge on any atom is -0.481 e. The van der Waals surface area contributed by atoms with Gasteiger partial charge in [-0.25, -0.2) is 4.98 Å². The quantitative estimate of drug-likeness (QED) is 0.667. The van der Waals surface area contributed by atoms with Crippen molar-refractivity contribution in [1.82, 2.24) is 9.97 Å². The minimum absolute atomic E-state index is 0.283. The summed E-state index contributed by atoms with van der Waals surface area (Å²) in [6, 6.07) is 10.8. The van der Waals surface area contributed by atoms with Gasteiger partial charge in [0.05, 0.1) is 26.1 Å². The molecule has 0 amide bonds. The smallest absolute Gasteiger partial charge is 0.153 e. The van der Waals surface area contributed by atoms with Crippen molar-refractivity contribution in [1.29, 1.82) is 0 Å². The third kappa shape index (κ3) is 2.95. The molecule has 6 heteroatoms. The molecule has 3 rings (SSSR count). The first-order chi connectivity index (χ1) is 10.0. The van der Waals surface area contributed by atoms with Crippen molar-refractivity contribution in [3.05, 3.63) is 57.3 Å². The van der Waals surface area contributed by atoms with Crippen LogP contribution < -0.4 is 4.74 Å². The molecule has 2 aromatic carbocycles. The number of aromatic nitrogens is 2. The zero-order valence-corrected chi connectivity index (χ0v) is 13.3. The van der Waals surface area contributed by atoms with Gasteiger partial charge in [-0.3, -0.25) is 0 Å². The average molecular weight is 342 g/mol. The van der Waals surface area contributed by atoms with E-state index in [9.17, 15) is 0 Å². The van der Waals surface area contributed by atoms with E-state index in [1.165, 1.54) is 0 Å². The molecule has 0 radical (unpaired) electrons. The highest BCUT2D eigenvalue weighted by Gasteiger charge is 2.15. The Labute approximate surface area is 136 Å². The van der Waals surface area contributed by atoms with Gasteiger partial charge >= 0.3 is 0 Å². The molecule has 1 N–H and O–H groups in total. The first-order valence-corrected chi connectivity index (χ1v) is 7.44. The van der Waals surface area contributed by atoms with Crippen molar-refractivity contribution in [2.24, 2.45) is 0 Å². The van der Waals surface area contributed by atoms with Crippen LogP contribution >= 0.6 is 34.8 Å². The van der Waals surface area contributed by atoms with E-state index in [4.69, 9.17) is 39.5 Å². The van der Waals surface area contributed by atoms with Crippen molar-refractivity contribution >= 4 is 45.8 Å². The molecule has 0 aliphatic carbocycles. The van der Waals surface area contributed by atoms with E-state index in [0.29, 0.717) is 26.6 Å². The lowest BCUT2D eigenvalue weighted by molar-refractivity contribution is 0.218. The van der Waals surface area contributed by atoms with Crippen molar-refractivity contribution in [2.75, 3.05) is 0 Å². The summed E-state index contributed by atoms with van der Waals surface area (Å²) in [5.74, 6) is 1.30. The molecule has 0 fully saturated rings. The molecule has 1 aromatic heterocycles. The van der Waals surface area contributed by atoms with Gasteiger partial charge in [0.15, 0.2) is 6.10 Å². The topological polar surface area (TPSA) is 37.9 Å². The Morgan fingerprint density at radius 3 is 2.52 bits per heavy atom. The average Bonchev–Trinajstić information content (AvgIpc) is 2.85. The number of halogens is 3. The van der Waals surface area contributed by atoms with E-state index in [1.807, 2.05) is 25.1 Å². The lowest BCUT2D eigenvalue weighted by Gasteiger charge is -2.13. The number of hydrogen-bond donors (Lipinski definition) is 1. The maximum absolute atomic E-state index is 6.09. The lowest BCUT2D eigenvalue weighted by Crippen LogP contribution is -2.05. The van der Waals surface area contributed by atoms with Crippen LogP contribution in [0.2, 0.25) is 15.1 Å². The summed E-state index contributed by atoms with van der Waals surface area (Å²) in [4.78, 5) is 7.65.